The van der Waals surface area contributed by atoms with Gasteiger partial charge in [0.15, 0.2) is 0 Å². The molecule has 2 N–H and O–H groups in total. The number of alkyl halides is 1. The molecular weight excluding hydrogens is 593 g/mol. The normalized spacial score (nSPS) is 47.3. The number of halogens is 1. The highest BCUT2D eigenvalue weighted by Gasteiger charge is 2.70. The van der Waals surface area contributed by atoms with Gasteiger partial charge in [0.2, 0.25) is 0 Å². The van der Waals surface area contributed by atoms with Crippen LogP contribution in [-0.2, 0) is 4.79 Å². The lowest BCUT2D eigenvalue weighted by Crippen LogP contribution is -2.68. The van der Waals surface area contributed by atoms with Gasteiger partial charge in [0.1, 0.15) is 6.67 Å². The number of aliphatic carboxylic acids is 1. The van der Waals surface area contributed by atoms with Crippen LogP contribution < -0.4 is 5.32 Å². The van der Waals surface area contributed by atoms with Gasteiger partial charge in [-0.3, -0.25) is 4.79 Å². The maximum Gasteiger partial charge on any atom is 0.312 e. The molecule has 5 fully saturated rings. The van der Waals surface area contributed by atoms with Gasteiger partial charge in [-0.25, -0.2) is 4.39 Å². The quantitative estimate of drug-likeness (QED) is 0.255. The Morgan fingerprint density at radius 1 is 0.896 bits per heavy atom. The predicted molar refractivity (Wildman–Crippen MR) is 195 cm³/mol. The molecule has 3 nitrogen and oxygen atoms in total. The molecule has 48 heavy (non-hydrogen) atoms. The van der Waals surface area contributed by atoms with Crippen molar-refractivity contribution in [2.45, 2.75) is 157 Å². The fraction of sp³-hybridized carbons (Fsp3) is 0.841. The molecule has 0 aliphatic heterocycles. The molecule has 0 bridgehead atoms. The lowest BCUT2D eigenvalue weighted by atomic mass is 9.33. The second kappa shape index (κ2) is 11.5. The van der Waals surface area contributed by atoms with E-state index < -0.39 is 18.1 Å². The molecule has 0 saturated heterocycles. The van der Waals surface area contributed by atoms with E-state index in [9.17, 15) is 14.3 Å². The van der Waals surface area contributed by atoms with Crippen LogP contribution in [0.3, 0.4) is 0 Å². The summed E-state index contributed by atoms with van der Waals surface area (Å²) in [6.45, 7) is 23.0. The maximum absolute atomic E-state index is 14.0. The van der Waals surface area contributed by atoms with Crippen molar-refractivity contribution in [3.8, 4) is 0 Å². The largest absolute Gasteiger partial charge is 0.481 e. The Hall–Kier alpha value is -1.42. The predicted octanol–water partition coefficient (Wildman–Crippen LogP) is 11.3. The Morgan fingerprint density at radius 2 is 1.65 bits per heavy atom. The zero-order chi connectivity index (χ0) is 34.5. The van der Waals surface area contributed by atoms with Crippen LogP contribution in [0.4, 0.5) is 4.39 Å². The molecule has 0 aromatic rings. The smallest absolute Gasteiger partial charge is 0.312 e. The highest BCUT2D eigenvalue weighted by atomic mass is 19.1. The van der Waals surface area contributed by atoms with Crippen LogP contribution in [-0.4, -0.2) is 29.8 Å². The molecule has 0 spiro atoms. The molecule has 7 aliphatic carbocycles. The highest BCUT2D eigenvalue weighted by molar-refractivity contribution is 5.75. The number of nitrogens with one attached hydrogen (secondary N) is 1. The van der Waals surface area contributed by atoms with Crippen LogP contribution in [0, 0.1) is 62.1 Å². The molecule has 0 unspecified atom stereocenters. The van der Waals surface area contributed by atoms with Gasteiger partial charge in [0.25, 0.3) is 0 Å². The van der Waals surface area contributed by atoms with Crippen molar-refractivity contribution in [1.29, 1.82) is 0 Å². The summed E-state index contributed by atoms with van der Waals surface area (Å²) in [7, 11) is 0. The standard InChI is InChI=1S/C44H68FNO2/c1-29(2)31-14-23-44(46-27-26-39(5)17-9-18-39)25-24-41(7)33(36(31)44)10-11-35-40(6)19-15-32(38(3,4)34(40)16-20-42(35,41)8)30-12-21-43(28-45,22-13-30)37(47)48/h12,15,31,33-36,46H,1,9-11,13-14,16-28H2,2-8H3,(H,47,48)/t31-,33+,34-,35+,36+,40-,41+,42+,43-,44-/m0/s1. The zero-order valence-corrected chi connectivity index (χ0v) is 31.7. The summed E-state index contributed by atoms with van der Waals surface area (Å²) in [4.78, 5) is 12.0. The molecule has 7 rings (SSSR count). The van der Waals surface area contributed by atoms with Gasteiger partial charge < -0.3 is 10.4 Å². The highest BCUT2D eigenvalue weighted by Crippen LogP contribution is 2.76. The molecule has 10 atom stereocenters. The Morgan fingerprint density at radius 3 is 2.25 bits per heavy atom. The van der Waals surface area contributed by atoms with Crippen molar-refractivity contribution in [3.05, 3.63) is 35.5 Å². The number of carbonyl (C=O) groups is 1. The lowest BCUT2D eigenvalue weighted by molar-refractivity contribution is -0.221. The summed E-state index contributed by atoms with van der Waals surface area (Å²) in [6, 6.07) is 0. The number of fused-ring (bicyclic) bond motifs is 7. The molecule has 268 valence electrons. The SMILES string of the molecule is C=C(C)[C@@H]1CC[C@]2(NCCC3(C)CCC3)CC[C@]3(C)[C@H](CC[C@@H]4[C@@]5(C)CC=C(C6=CC[C@](CF)(C(=O)O)CC6)C(C)(C)[C@@H]5CC[C@]43C)[C@@H]12. The number of hydrogen-bond donors (Lipinski definition) is 2. The molecule has 0 heterocycles. The van der Waals surface area contributed by atoms with Gasteiger partial charge in [-0.1, -0.05) is 72.3 Å². The van der Waals surface area contributed by atoms with Crippen LogP contribution in [0.25, 0.3) is 0 Å². The minimum absolute atomic E-state index is 0.0239. The van der Waals surface area contributed by atoms with Gasteiger partial charge in [0, 0.05) is 5.54 Å². The first-order valence-corrected chi connectivity index (χ1v) is 20.1. The Kier molecular flexibility index (Phi) is 8.42. The van der Waals surface area contributed by atoms with E-state index in [0.29, 0.717) is 59.2 Å². The summed E-state index contributed by atoms with van der Waals surface area (Å²) < 4.78 is 14.0. The molecule has 5 saturated carbocycles. The van der Waals surface area contributed by atoms with Crippen molar-refractivity contribution < 1.29 is 14.3 Å². The number of rotatable bonds is 8. The van der Waals surface area contributed by atoms with Crippen molar-refractivity contribution in [2.24, 2.45) is 62.1 Å². The maximum atomic E-state index is 14.0. The molecule has 4 heteroatoms. The van der Waals surface area contributed by atoms with Crippen molar-refractivity contribution in [3.63, 3.8) is 0 Å². The van der Waals surface area contributed by atoms with Gasteiger partial charge in [0.05, 0.1) is 5.41 Å². The average Bonchev–Trinajstić information content (AvgIpc) is 3.40. The number of hydrogen-bond acceptors (Lipinski definition) is 2. The minimum atomic E-state index is -1.23. The van der Waals surface area contributed by atoms with E-state index in [1.165, 1.54) is 100 Å². The summed E-state index contributed by atoms with van der Waals surface area (Å²) in [5.41, 5.74) is 4.72. The van der Waals surface area contributed by atoms with E-state index in [1.54, 1.807) is 0 Å². The zero-order valence-electron chi connectivity index (χ0n) is 31.7. The number of allylic oxidation sites excluding steroid dienone is 5. The first kappa shape index (κ1) is 35.0. The third-order valence-corrected chi connectivity index (χ3v) is 18.1. The second-order valence-corrected chi connectivity index (χ2v) is 20.4. The van der Waals surface area contributed by atoms with Crippen LogP contribution in [0.15, 0.2) is 35.5 Å². The fourth-order valence-corrected chi connectivity index (χ4v) is 14.8. The van der Waals surface area contributed by atoms with Crippen molar-refractivity contribution in [2.75, 3.05) is 13.2 Å². The van der Waals surface area contributed by atoms with Gasteiger partial charge >= 0.3 is 5.97 Å². The average molecular weight is 662 g/mol. The molecule has 0 radical (unpaired) electrons. The molecule has 0 aromatic carbocycles. The van der Waals surface area contributed by atoms with E-state index in [4.69, 9.17) is 0 Å². The fourth-order valence-electron chi connectivity index (χ4n) is 14.8. The Labute approximate surface area is 292 Å². The third kappa shape index (κ3) is 4.82. The first-order valence-electron chi connectivity index (χ1n) is 20.1. The third-order valence-electron chi connectivity index (χ3n) is 18.1. The molecule has 7 aliphatic rings. The summed E-state index contributed by atoms with van der Waals surface area (Å²) >= 11 is 0. The second-order valence-electron chi connectivity index (χ2n) is 20.4. The lowest BCUT2D eigenvalue weighted by Gasteiger charge is -2.72. The molecule has 0 amide bonds. The molecule has 0 aromatic heterocycles. The minimum Gasteiger partial charge on any atom is -0.481 e. The number of carboxylic acid groups (broad SMARTS) is 1. The van der Waals surface area contributed by atoms with E-state index in [0.717, 1.165) is 12.3 Å². The first-order chi connectivity index (χ1) is 22.5. The Balaban J connectivity index is 1.16. The van der Waals surface area contributed by atoms with E-state index in [-0.39, 0.29) is 16.4 Å². The van der Waals surface area contributed by atoms with Crippen LogP contribution >= 0.6 is 0 Å². The topological polar surface area (TPSA) is 49.3 Å². The summed E-state index contributed by atoms with van der Waals surface area (Å²) in [5.74, 6) is 2.44. The van der Waals surface area contributed by atoms with E-state index in [2.05, 4.69) is 72.5 Å². The van der Waals surface area contributed by atoms with Gasteiger partial charge in [-0.15, -0.1) is 0 Å². The van der Waals surface area contributed by atoms with Gasteiger partial charge in [-0.2, -0.15) is 0 Å². The van der Waals surface area contributed by atoms with Crippen molar-refractivity contribution in [1.82, 2.24) is 5.32 Å². The molecular formula is C44H68FNO2. The summed E-state index contributed by atoms with van der Waals surface area (Å²) in [5, 5.41) is 14.2. The van der Waals surface area contributed by atoms with E-state index in [1.807, 2.05) is 0 Å². The van der Waals surface area contributed by atoms with Gasteiger partial charge in [-0.05, 0) is 178 Å². The number of carboxylic acids is 1. The van der Waals surface area contributed by atoms with Crippen LogP contribution in [0.5, 0.6) is 0 Å². The summed E-state index contributed by atoms with van der Waals surface area (Å²) in [6.07, 6.45) is 23.4. The van der Waals surface area contributed by atoms with Crippen LogP contribution in [0.1, 0.15) is 151 Å². The monoisotopic (exact) mass is 662 g/mol. The van der Waals surface area contributed by atoms with E-state index >= 15 is 0 Å². The Bertz CT molecular complexity index is 1390. The van der Waals surface area contributed by atoms with Crippen molar-refractivity contribution >= 4 is 5.97 Å². The van der Waals surface area contributed by atoms with Crippen LogP contribution in [0.2, 0.25) is 0 Å².